The molecule has 1 aliphatic rings. The van der Waals surface area contributed by atoms with Crippen LogP contribution in [0.15, 0.2) is 18.2 Å². The van der Waals surface area contributed by atoms with Gasteiger partial charge in [0, 0.05) is 12.2 Å². The molecule has 0 aliphatic carbocycles. The van der Waals surface area contributed by atoms with Crippen LogP contribution in [0.5, 0.6) is 0 Å². The van der Waals surface area contributed by atoms with Crippen molar-refractivity contribution in [1.29, 1.82) is 0 Å². The second-order valence-corrected chi connectivity index (χ2v) is 5.28. The molecule has 1 heteroatoms. The largest absolute Gasteiger partial charge is 0.384 e. The Kier molecular flexibility index (Phi) is 3.52. The summed E-state index contributed by atoms with van der Waals surface area (Å²) in [6, 6.07) is 6.76. The molecule has 1 aliphatic heterocycles. The molecule has 0 saturated carbocycles. The summed E-state index contributed by atoms with van der Waals surface area (Å²) in [5.74, 6) is 1.45. The van der Waals surface area contributed by atoms with Gasteiger partial charge in [0.1, 0.15) is 0 Å². The smallest absolute Gasteiger partial charge is 0.0408 e. The first-order chi connectivity index (χ1) is 7.72. The summed E-state index contributed by atoms with van der Waals surface area (Å²) in [6.07, 6.45) is 3.90. The summed E-state index contributed by atoms with van der Waals surface area (Å²) in [4.78, 5) is 0. The number of anilines is 1. The maximum absolute atomic E-state index is 3.65. The summed E-state index contributed by atoms with van der Waals surface area (Å²) in [5.41, 5.74) is 4.42. The summed E-state index contributed by atoms with van der Waals surface area (Å²) in [5, 5.41) is 3.65. The Morgan fingerprint density at radius 2 is 2.19 bits per heavy atom. The maximum Gasteiger partial charge on any atom is 0.0408 e. The fourth-order valence-corrected chi connectivity index (χ4v) is 2.73. The highest BCUT2D eigenvalue weighted by atomic mass is 14.9. The van der Waals surface area contributed by atoms with E-state index >= 15 is 0 Å². The number of hydrogen-bond donors (Lipinski definition) is 1. The molecule has 1 N–H and O–H groups in total. The molecule has 0 saturated heterocycles. The van der Waals surface area contributed by atoms with Crippen LogP contribution in [-0.2, 0) is 6.42 Å². The van der Waals surface area contributed by atoms with Gasteiger partial charge in [-0.2, -0.15) is 0 Å². The highest BCUT2D eigenvalue weighted by molar-refractivity contribution is 5.60. The van der Waals surface area contributed by atoms with Crippen molar-refractivity contribution >= 4 is 5.69 Å². The zero-order chi connectivity index (χ0) is 11.5. The second kappa shape index (κ2) is 4.90. The van der Waals surface area contributed by atoms with Crippen molar-refractivity contribution in [3.8, 4) is 0 Å². The summed E-state index contributed by atoms with van der Waals surface area (Å²) < 4.78 is 0. The Morgan fingerprint density at radius 3 is 2.88 bits per heavy atom. The van der Waals surface area contributed by atoms with E-state index < -0.39 is 0 Å². The molecule has 0 bridgehead atoms. The molecule has 0 radical (unpaired) electrons. The van der Waals surface area contributed by atoms with Gasteiger partial charge in [-0.25, -0.2) is 0 Å². The third-order valence-electron chi connectivity index (χ3n) is 3.58. The molecule has 0 spiro atoms. The lowest BCUT2D eigenvalue weighted by atomic mass is 9.87. The van der Waals surface area contributed by atoms with Gasteiger partial charge in [-0.1, -0.05) is 45.4 Å². The quantitative estimate of drug-likeness (QED) is 0.800. The summed E-state index contributed by atoms with van der Waals surface area (Å²) in [7, 11) is 0. The van der Waals surface area contributed by atoms with Gasteiger partial charge in [0.25, 0.3) is 0 Å². The molecule has 1 atom stereocenters. The first kappa shape index (κ1) is 11.5. The van der Waals surface area contributed by atoms with Crippen LogP contribution in [0.2, 0.25) is 0 Å². The van der Waals surface area contributed by atoms with Crippen LogP contribution in [-0.4, -0.2) is 6.54 Å². The first-order valence-electron chi connectivity index (χ1n) is 6.58. The van der Waals surface area contributed by atoms with Gasteiger partial charge in [0.05, 0.1) is 0 Å². The molecule has 1 aromatic rings. The predicted molar refractivity (Wildman–Crippen MR) is 71.1 cm³/mol. The van der Waals surface area contributed by atoms with Crippen LogP contribution in [0.25, 0.3) is 0 Å². The van der Waals surface area contributed by atoms with E-state index in [2.05, 4.69) is 44.3 Å². The molecule has 2 rings (SSSR count). The van der Waals surface area contributed by atoms with Crippen LogP contribution in [0, 0.1) is 5.92 Å². The molecule has 0 aromatic heterocycles. The lowest BCUT2D eigenvalue weighted by Crippen LogP contribution is -2.24. The molecular formula is C15H23N. The molecule has 88 valence electrons. The summed E-state index contributed by atoms with van der Waals surface area (Å²) in [6.45, 7) is 7.98. The Bertz CT molecular complexity index is 354. The van der Waals surface area contributed by atoms with Crippen LogP contribution in [0.3, 0.4) is 0 Å². The number of benzene rings is 1. The van der Waals surface area contributed by atoms with E-state index in [4.69, 9.17) is 0 Å². The molecule has 1 aromatic carbocycles. The average molecular weight is 217 g/mol. The van der Waals surface area contributed by atoms with Crippen molar-refractivity contribution in [1.82, 2.24) is 0 Å². The molecule has 0 fully saturated rings. The molecule has 1 heterocycles. The van der Waals surface area contributed by atoms with Crippen LogP contribution in [0.1, 0.15) is 50.7 Å². The highest BCUT2D eigenvalue weighted by Crippen LogP contribution is 2.33. The van der Waals surface area contributed by atoms with Gasteiger partial charge in [-0.15, -0.1) is 0 Å². The topological polar surface area (TPSA) is 12.0 Å². The van der Waals surface area contributed by atoms with E-state index in [0.29, 0.717) is 5.92 Å². The predicted octanol–water partition coefficient (Wildman–Crippen LogP) is 4.19. The number of fused-ring (bicyclic) bond motifs is 1. The van der Waals surface area contributed by atoms with Crippen LogP contribution in [0.4, 0.5) is 5.69 Å². The molecule has 1 unspecified atom stereocenters. The van der Waals surface area contributed by atoms with E-state index in [1.54, 1.807) is 0 Å². The van der Waals surface area contributed by atoms with Crippen molar-refractivity contribution in [2.45, 2.75) is 46.0 Å². The van der Waals surface area contributed by atoms with E-state index in [1.165, 1.54) is 36.1 Å². The van der Waals surface area contributed by atoms with Crippen molar-refractivity contribution in [3.63, 3.8) is 0 Å². The van der Waals surface area contributed by atoms with Crippen molar-refractivity contribution in [2.75, 3.05) is 11.9 Å². The zero-order valence-electron chi connectivity index (χ0n) is 10.7. The van der Waals surface area contributed by atoms with E-state index in [-0.39, 0.29) is 0 Å². The minimum atomic E-state index is 0.616. The van der Waals surface area contributed by atoms with E-state index in [9.17, 15) is 0 Å². The zero-order valence-corrected chi connectivity index (χ0v) is 10.7. The number of hydrogen-bond acceptors (Lipinski definition) is 1. The molecule has 0 amide bonds. The SMILES string of the molecule is CCCC1CNc2c(cccc2C(C)C)C1. The van der Waals surface area contributed by atoms with Gasteiger partial charge in [0.2, 0.25) is 0 Å². The monoisotopic (exact) mass is 217 g/mol. The van der Waals surface area contributed by atoms with Crippen molar-refractivity contribution in [2.24, 2.45) is 5.92 Å². The molecule has 16 heavy (non-hydrogen) atoms. The molecule has 1 nitrogen and oxygen atoms in total. The Balaban J connectivity index is 2.24. The molecular weight excluding hydrogens is 194 g/mol. The van der Waals surface area contributed by atoms with Gasteiger partial charge < -0.3 is 5.32 Å². The maximum atomic E-state index is 3.65. The number of nitrogens with one attached hydrogen (secondary N) is 1. The standard InChI is InChI=1S/C15H23N/c1-4-6-12-9-13-7-5-8-14(11(2)3)15(13)16-10-12/h5,7-8,11-12,16H,4,6,9-10H2,1-3H3. The average Bonchev–Trinajstić information content (AvgIpc) is 2.28. The number of para-hydroxylation sites is 1. The minimum Gasteiger partial charge on any atom is -0.384 e. The van der Waals surface area contributed by atoms with E-state index in [1.807, 2.05) is 0 Å². The van der Waals surface area contributed by atoms with Gasteiger partial charge in [-0.3, -0.25) is 0 Å². The Morgan fingerprint density at radius 1 is 1.38 bits per heavy atom. The van der Waals surface area contributed by atoms with Crippen LogP contribution < -0.4 is 5.32 Å². The van der Waals surface area contributed by atoms with Gasteiger partial charge in [0.15, 0.2) is 0 Å². The van der Waals surface area contributed by atoms with Crippen molar-refractivity contribution in [3.05, 3.63) is 29.3 Å². The number of rotatable bonds is 3. The summed E-state index contributed by atoms with van der Waals surface area (Å²) >= 11 is 0. The fourth-order valence-electron chi connectivity index (χ4n) is 2.73. The Labute approximate surface area is 99.3 Å². The minimum absolute atomic E-state index is 0.616. The van der Waals surface area contributed by atoms with Crippen molar-refractivity contribution < 1.29 is 0 Å². The lowest BCUT2D eigenvalue weighted by Gasteiger charge is -2.28. The Hall–Kier alpha value is -0.980. The second-order valence-electron chi connectivity index (χ2n) is 5.28. The van der Waals surface area contributed by atoms with Gasteiger partial charge >= 0.3 is 0 Å². The third kappa shape index (κ3) is 2.23. The lowest BCUT2D eigenvalue weighted by molar-refractivity contribution is 0.488. The third-order valence-corrected chi connectivity index (χ3v) is 3.58. The van der Waals surface area contributed by atoms with E-state index in [0.717, 1.165) is 12.5 Å². The highest BCUT2D eigenvalue weighted by Gasteiger charge is 2.20. The first-order valence-corrected chi connectivity index (χ1v) is 6.58. The van der Waals surface area contributed by atoms with Crippen LogP contribution >= 0.6 is 0 Å². The van der Waals surface area contributed by atoms with Gasteiger partial charge in [-0.05, 0) is 35.8 Å². The normalized spacial score (nSPS) is 19.4. The fraction of sp³-hybridized carbons (Fsp3) is 0.600.